The number of nitrogens with zero attached hydrogens (tertiary/aromatic N) is 3. The van der Waals surface area contributed by atoms with E-state index in [1.165, 1.54) is 11.8 Å². The zero-order valence-electron chi connectivity index (χ0n) is 15.1. The Kier molecular flexibility index (Phi) is 5.73. The van der Waals surface area contributed by atoms with Crippen molar-refractivity contribution >= 4 is 34.7 Å². The van der Waals surface area contributed by atoms with Crippen LogP contribution in [0.1, 0.15) is 34.6 Å². The summed E-state index contributed by atoms with van der Waals surface area (Å²) in [5, 5.41) is 14.1. The molecule has 136 valence electrons. The van der Waals surface area contributed by atoms with E-state index in [0.717, 1.165) is 27.5 Å². The van der Waals surface area contributed by atoms with Crippen LogP contribution in [0, 0.1) is 20.8 Å². The molecule has 26 heavy (non-hydrogen) atoms. The number of carbonyl (C=O) groups is 1. The first kappa shape index (κ1) is 18.6. The first-order valence-electron chi connectivity index (χ1n) is 8.19. The molecule has 0 spiro atoms. The smallest absolute Gasteiger partial charge is 0.277 e. The van der Waals surface area contributed by atoms with E-state index in [-0.39, 0.29) is 11.2 Å². The van der Waals surface area contributed by atoms with Crippen LogP contribution in [0.25, 0.3) is 0 Å². The first-order valence-corrected chi connectivity index (χ1v) is 9.95. The molecule has 0 aliphatic heterocycles. The molecule has 1 amide bonds. The predicted molar refractivity (Wildman–Crippen MR) is 104 cm³/mol. The normalized spacial score (nSPS) is 12.2. The number of carbonyl (C=O) groups excluding carboxylic acids is 1. The molecule has 1 aromatic carbocycles. The van der Waals surface area contributed by atoms with Gasteiger partial charge in [0.15, 0.2) is 0 Å². The molecule has 6 nitrogen and oxygen atoms in total. The van der Waals surface area contributed by atoms with Gasteiger partial charge in [-0.05, 0) is 38.8 Å². The third-order valence-corrected chi connectivity index (χ3v) is 5.58. The average Bonchev–Trinajstić information content (AvgIpc) is 3.20. The highest BCUT2D eigenvalue weighted by Gasteiger charge is 2.20. The van der Waals surface area contributed by atoms with E-state index in [4.69, 9.17) is 4.42 Å². The van der Waals surface area contributed by atoms with Gasteiger partial charge >= 0.3 is 0 Å². The van der Waals surface area contributed by atoms with Gasteiger partial charge in [0.25, 0.3) is 5.22 Å². The Labute approximate surface area is 160 Å². The molecule has 0 fully saturated rings. The Bertz CT molecular complexity index is 899. The van der Waals surface area contributed by atoms with Crippen LogP contribution < -0.4 is 5.32 Å². The summed E-state index contributed by atoms with van der Waals surface area (Å²) in [7, 11) is 0. The Morgan fingerprint density at radius 1 is 1.27 bits per heavy atom. The molecular weight excluding hydrogens is 368 g/mol. The number of thioether (sulfide) groups is 1. The van der Waals surface area contributed by atoms with Crippen LogP contribution in [0.15, 0.2) is 33.2 Å². The van der Waals surface area contributed by atoms with Gasteiger partial charge in [0.1, 0.15) is 0 Å². The van der Waals surface area contributed by atoms with Gasteiger partial charge in [-0.25, -0.2) is 4.98 Å². The second-order valence-corrected chi connectivity index (χ2v) is 8.37. The fraction of sp³-hybridized carbons (Fsp3) is 0.333. The largest absolute Gasteiger partial charge is 0.416 e. The standard InChI is InChI=1S/C18H20N4O2S2/c1-10-6-5-7-11(2)16(10)20-17(23)12(3)26-18-22-21-15(24-18)8-14-9-25-13(4)19-14/h5-7,9,12H,8H2,1-4H3,(H,20,23)/t12-/m1/s1. The van der Waals surface area contributed by atoms with Crippen molar-refractivity contribution in [2.24, 2.45) is 0 Å². The van der Waals surface area contributed by atoms with Gasteiger partial charge in [-0.2, -0.15) is 0 Å². The molecule has 1 N–H and O–H groups in total. The highest BCUT2D eigenvalue weighted by molar-refractivity contribution is 8.00. The minimum absolute atomic E-state index is 0.0951. The number of benzene rings is 1. The van der Waals surface area contributed by atoms with Crippen molar-refractivity contribution in [2.75, 3.05) is 5.32 Å². The first-order chi connectivity index (χ1) is 12.4. The van der Waals surface area contributed by atoms with Crippen LogP contribution in [0.5, 0.6) is 0 Å². The van der Waals surface area contributed by atoms with E-state index < -0.39 is 0 Å². The summed E-state index contributed by atoms with van der Waals surface area (Å²) in [5.41, 5.74) is 3.84. The summed E-state index contributed by atoms with van der Waals surface area (Å²) in [6, 6.07) is 5.93. The van der Waals surface area contributed by atoms with E-state index in [9.17, 15) is 4.79 Å². The maximum absolute atomic E-state index is 12.5. The van der Waals surface area contributed by atoms with E-state index in [1.807, 2.05) is 51.3 Å². The number of aromatic nitrogens is 3. The molecule has 3 rings (SSSR count). The van der Waals surface area contributed by atoms with E-state index >= 15 is 0 Å². The highest BCUT2D eigenvalue weighted by Crippen LogP contribution is 2.25. The number of nitrogens with one attached hydrogen (secondary N) is 1. The number of amides is 1. The molecule has 0 saturated carbocycles. The third kappa shape index (κ3) is 4.50. The van der Waals surface area contributed by atoms with Crippen molar-refractivity contribution in [1.29, 1.82) is 0 Å². The average molecular weight is 389 g/mol. The minimum atomic E-state index is -0.358. The van der Waals surface area contributed by atoms with E-state index in [1.54, 1.807) is 11.3 Å². The van der Waals surface area contributed by atoms with Gasteiger partial charge in [-0.3, -0.25) is 4.79 Å². The zero-order chi connectivity index (χ0) is 18.7. The number of hydrogen-bond acceptors (Lipinski definition) is 7. The summed E-state index contributed by atoms with van der Waals surface area (Å²) in [6.07, 6.45) is 0.501. The molecule has 3 aromatic rings. The number of thiazole rings is 1. The monoisotopic (exact) mass is 388 g/mol. The zero-order valence-corrected chi connectivity index (χ0v) is 16.7. The number of anilines is 1. The number of aryl methyl sites for hydroxylation is 3. The molecule has 1 atom stereocenters. The van der Waals surface area contributed by atoms with Crippen molar-refractivity contribution < 1.29 is 9.21 Å². The molecular formula is C18H20N4O2S2. The quantitative estimate of drug-likeness (QED) is 0.639. The lowest BCUT2D eigenvalue weighted by molar-refractivity contribution is -0.115. The molecule has 8 heteroatoms. The summed E-state index contributed by atoms with van der Waals surface area (Å²) >= 11 is 2.84. The van der Waals surface area contributed by atoms with Crippen molar-refractivity contribution in [3.63, 3.8) is 0 Å². The van der Waals surface area contributed by atoms with Crippen LogP contribution in [0.4, 0.5) is 5.69 Å². The SMILES string of the molecule is Cc1nc(Cc2nnc(S[C@H](C)C(=O)Nc3c(C)cccc3C)o2)cs1. The Morgan fingerprint density at radius 2 is 2.00 bits per heavy atom. The second-order valence-electron chi connectivity index (χ2n) is 6.01. The summed E-state index contributed by atoms with van der Waals surface area (Å²) in [5.74, 6) is 0.405. The summed E-state index contributed by atoms with van der Waals surface area (Å²) in [4.78, 5) is 16.9. The molecule has 0 aliphatic carbocycles. The maximum atomic E-state index is 12.5. The lowest BCUT2D eigenvalue weighted by Crippen LogP contribution is -2.23. The van der Waals surface area contributed by atoms with Gasteiger partial charge in [-0.1, -0.05) is 30.0 Å². The van der Waals surface area contributed by atoms with Gasteiger partial charge in [0, 0.05) is 11.1 Å². The molecule has 0 bridgehead atoms. The Hall–Kier alpha value is -2.19. The summed E-state index contributed by atoms with van der Waals surface area (Å²) < 4.78 is 5.64. The van der Waals surface area contributed by atoms with Crippen LogP contribution in [0.2, 0.25) is 0 Å². The topological polar surface area (TPSA) is 80.9 Å². The van der Waals surface area contributed by atoms with E-state index in [2.05, 4.69) is 20.5 Å². The number of para-hydroxylation sites is 1. The van der Waals surface area contributed by atoms with Crippen LogP contribution >= 0.6 is 23.1 Å². The van der Waals surface area contributed by atoms with Crippen molar-refractivity contribution in [3.8, 4) is 0 Å². The van der Waals surface area contributed by atoms with Gasteiger partial charge in [-0.15, -0.1) is 21.5 Å². The predicted octanol–water partition coefficient (Wildman–Crippen LogP) is 4.16. The lowest BCUT2D eigenvalue weighted by atomic mass is 10.1. The van der Waals surface area contributed by atoms with Crippen molar-refractivity contribution in [1.82, 2.24) is 15.2 Å². The number of rotatable bonds is 6. The van der Waals surface area contributed by atoms with Gasteiger partial charge in [0.2, 0.25) is 11.8 Å². The Morgan fingerprint density at radius 3 is 2.65 bits per heavy atom. The molecule has 0 unspecified atom stereocenters. The third-order valence-electron chi connectivity index (χ3n) is 3.82. The molecule has 0 saturated heterocycles. The molecule has 2 aromatic heterocycles. The van der Waals surface area contributed by atoms with Crippen molar-refractivity contribution in [2.45, 2.75) is 44.6 Å². The fourth-order valence-corrected chi connectivity index (χ4v) is 3.76. The van der Waals surface area contributed by atoms with Crippen LogP contribution in [0.3, 0.4) is 0 Å². The second kappa shape index (κ2) is 8.01. The molecule has 0 aliphatic rings. The van der Waals surface area contributed by atoms with Crippen LogP contribution in [-0.4, -0.2) is 26.3 Å². The Balaban J connectivity index is 1.61. The lowest BCUT2D eigenvalue weighted by Gasteiger charge is -2.14. The van der Waals surface area contributed by atoms with Gasteiger partial charge in [0.05, 0.1) is 22.4 Å². The van der Waals surface area contributed by atoms with Crippen LogP contribution in [-0.2, 0) is 11.2 Å². The van der Waals surface area contributed by atoms with E-state index in [0.29, 0.717) is 17.5 Å². The van der Waals surface area contributed by atoms with Crippen molar-refractivity contribution in [3.05, 3.63) is 51.3 Å². The highest BCUT2D eigenvalue weighted by atomic mass is 32.2. The van der Waals surface area contributed by atoms with Gasteiger partial charge < -0.3 is 9.73 Å². The maximum Gasteiger partial charge on any atom is 0.277 e. The summed E-state index contributed by atoms with van der Waals surface area (Å²) in [6.45, 7) is 7.73. The molecule has 0 radical (unpaired) electrons. The minimum Gasteiger partial charge on any atom is -0.416 e. The fourth-order valence-electron chi connectivity index (χ4n) is 2.44. The number of hydrogen-bond donors (Lipinski definition) is 1. The molecule has 2 heterocycles.